The lowest BCUT2D eigenvalue weighted by Gasteiger charge is -2.30. The predicted molar refractivity (Wildman–Crippen MR) is 90.8 cm³/mol. The number of aromatic nitrogens is 2. The fraction of sp³-hybridized carbons (Fsp3) is 0.389. The number of hydrogen-bond acceptors (Lipinski definition) is 4. The quantitative estimate of drug-likeness (QED) is 0.944. The molecule has 0 aliphatic carbocycles. The van der Waals surface area contributed by atoms with Gasteiger partial charge in [0.2, 0.25) is 5.95 Å². The number of carbonyl (C=O) groups is 1. The maximum Gasteiger partial charge on any atom is 0.272 e. The number of amides is 1. The Morgan fingerprint density at radius 1 is 1.26 bits per heavy atom. The lowest BCUT2D eigenvalue weighted by Crippen LogP contribution is -2.39. The Bertz CT molecular complexity index is 687. The first kappa shape index (κ1) is 15.5. The monoisotopic (exact) mass is 310 g/mol. The van der Waals surface area contributed by atoms with E-state index in [-0.39, 0.29) is 5.91 Å². The van der Waals surface area contributed by atoms with Crippen LogP contribution in [0.5, 0.6) is 0 Å². The number of likely N-dealkylation sites (tertiary alicyclic amines) is 1. The van der Waals surface area contributed by atoms with E-state index >= 15 is 0 Å². The van der Waals surface area contributed by atoms with Gasteiger partial charge in [0.1, 0.15) is 5.69 Å². The first-order valence-corrected chi connectivity index (χ1v) is 8.09. The highest BCUT2D eigenvalue weighted by molar-refractivity contribution is 5.92. The third-order valence-corrected chi connectivity index (χ3v) is 4.05. The van der Waals surface area contributed by atoms with Gasteiger partial charge in [-0.3, -0.25) is 4.79 Å². The van der Waals surface area contributed by atoms with Crippen LogP contribution in [0.25, 0.3) is 0 Å². The van der Waals surface area contributed by atoms with Crippen LogP contribution in [-0.4, -0.2) is 33.9 Å². The molecule has 120 valence electrons. The third kappa shape index (κ3) is 3.86. The maximum atomic E-state index is 12.7. The number of aryl methyl sites for hydroxylation is 1. The fourth-order valence-corrected chi connectivity index (χ4v) is 2.92. The number of carbonyl (C=O) groups excluding carboxylic acids is 1. The first-order valence-electron chi connectivity index (χ1n) is 8.09. The number of piperidine rings is 1. The van der Waals surface area contributed by atoms with Crippen molar-refractivity contribution in [1.29, 1.82) is 0 Å². The molecule has 1 aliphatic rings. The summed E-state index contributed by atoms with van der Waals surface area (Å²) in [6.45, 7) is 5.69. The van der Waals surface area contributed by atoms with Gasteiger partial charge in [-0.1, -0.05) is 25.1 Å². The minimum atomic E-state index is -0.00170. The van der Waals surface area contributed by atoms with Crippen LogP contribution in [-0.2, 0) is 0 Å². The van der Waals surface area contributed by atoms with Crippen molar-refractivity contribution in [3.63, 3.8) is 0 Å². The van der Waals surface area contributed by atoms with E-state index < -0.39 is 0 Å². The zero-order valence-corrected chi connectivity index (χ0v) is 13.6. The van der Waals surface area contributed by atoms with Crippen molar-refractivity contribution in [2.24, 2.45) is 5.92 Å². The molecular formula is C18H22N4O. The highest BCUT2D eigenvalue weighted by Crippen LogP contribution is 2.19. The molecule has 0 bridgehead atoms. The molecule has 0 spiro atoms. The highest BCUT2D eigenvalue weighted by Gasteiger charge is 2.23. The number of anilines is 2. The molecule has 5 nitrogen and oxygen atoms in total. The Labute approximate surface area is 136 Å². The van der Waals surface area contributed by atoms with Crippen LogP contribution in [0.15, 0.2) is 36.4 Å². The zero-order valence-electron chi connectivity index (χ0n) is 13.6. The van der Waals surface area contributed by atoms with E-state index in [9.17, 15) is 4.79 Å². The van der Waals surface area contributed by atoms with Gasteiger partial charge < -0.3 is 10.2 Å². The molecule has 1 fully saturated rings. The van der Waals surface area contributed by atoms with E-state index in [2.05, 4.69) is 22.2 Å². The molecular weight excluding hydrogens is 288 g/mol. The molecule has 0 radical (unpaired) electrons. The number of hydrogen-bond donors (Lipinski definition) is 1. The summed E-state index contributed by atoms with van der Waals surface area (Å²) >= 11 is 0. The standard InChI is InChI=1S/C18H22N4O/c1-13-7-6-10-22(12-13)17(23)16-11-14(2)19-18(21-16)20-15-8-4-3-5-9-15/h3-5,8-9,11,13H,6-7,10,12H2,1-2H3,(H,19,20,21). The lowest BCUT2D eigenvalue weighted by molar-refractivity contribution is 0.0677. The molecule has 3 rings (SSSR count). The molecule has 2 heterocycles. The van der Waals surface area contributed by atoms with Crippen LogP contribution in [0.1, 0.15) is 35.9 Å². The second kappa shape index (κ2) is 6.77. The predicted octanol–water partition coefficient (Wildman–Crippen LogP) is 3.40. The van der Waals surface area contributed by atoms with Crippen LogP contribution < -0.4 is 5.32 Å². The molecule has 23 heavy (non-hydrogen) atoms. The van der Waals surface area contributed by atoms with Crippen LogP contribution in [0.4, 0.5) is 11.6 Å². The molecule has 1 aromatic heterocycles. The molecule has 1 N–H and O–H groups in total. The van der Waals surface area contributed by atoms with Crippen LogP contribution in [0, 0.1) is 12.8 Å². The number of nitrogens with zero attached hydrogens (tertiary/aromatic N) is 3. The molecule has 1 aromatic carbocycles. The van der Waals surface area contributed by atoms with Crippen molar-refractivity contribution in [2.75, 3.05) is 18.4 Å². The summed E-state index contributed by atoms with van der Waals surface area (Å²) in [6.07, 6.45) is 2.25. The summed E-state index contributed by atoms with van der Waals surface area (Å²) in [5.74, 6) is 1.01. The van der Waals surface area contributed by atoms with Crippen LogP contribution in [0.2, 0.25) is 0 Å². The van der Waals surface area contributed by atoms with Gasteiger partial charge in [-0.2, -0.15) is 0 Å². The fourth-order valence-electron chi connectivity index (χ4n) is 2.92. The molecule has 0 saturated carbocycles. The molecule has 1 atom stereocenters. The van der Waals surface area contributed by atoms with Gasteiger partial charge in [-0.25, -0.2) is 9.97 Å². The molecule has 5 heteroatoms. The van der Waals surface area contributed by atoms with Gasteiger partial charge in [-0.15, -0.1) is 0 Å². The SMILES string of the molecule is Cc1cc(C(=O)N2CCCC(C)C2)nc(Nc2ccccc2)n1. The minimum absolute atomic E-state index is 0.00170. The Morgan fingerprint density at radius 2 is 2.04 bits per heavy atom. The molecule has 1 aliphatic heterocycles. The number of para-hydroxylation sites is 1. The van der Waals surface area contributed by atoms with Crippen molar-refractivity contribution in [3.8, 4) is 0 Å². The first-order chi connectivity index (χ1) is 11.1. The average molecular weight is 310 g/mol. The molecule has 1 amide bonds. The van der Waals surface area contributed by atoms with E-state index in [4.69, 9.17) is 0 Å². The van der Waals surface area contributed by atoms with E-state index in [0.29, 0.717) is 17.6 Å². The topological polar surface area (TPSA) is 58.1 Å². The van der Waals surface area contributed by atoms with E-state index in [1.807, 2.05) is 42.2 Å². The van der Waals surface area contributed by atoms with E-state index in [1.165, 1.54) is 6.42 Å². The van der Waals surface area contributed by atoms with Gasteiger partial charge in [0.25, 0.3) is 5.91 Å². The molecule has 2 aromatic rings. The Balaban J connectivity index is 1.81. The van der Waals surface area contributed by atoms with Gasteiger partial charge in [0.15, 0.2) is 0 Å². The summed E-state index contributed by atoms with van der Waals surface area (Å²) in [6, 6.07) is 11.5. The summed E-state index contributed by atoms with van der Waals surface area (Å²) in [7, 11) is 0. The van der Waals surface area contributed by atoms with Crippen molar-refractivity contribution < 1.29 is 4.79 Å². The zero-order chi connectivity index (χ0) is 16.2. The van der Waals surface area contributed by atoms with E-state index in [0.717, 1.165) is 30.9 Å². The summed E-state index contributed by atoms with van der Waals surface area (Å²) in [5.41, 5.74) is 2.15. The van der Waals surface area contributed by atoms with Gasteiger partial charge in [-0.05, 0) is 43.9 Å². The summed E-state index contributed by atoms with van der Waals surface area (Å²) in [4.78, 5) is 23.4. The minimum Gasteiger partial charge on any atom is -0.337 e. The van der Waals surface area contributed by atoms with Gasteiger partial charge in [0, 0.05) is 24.5 Å². The third-order valence-electron chi connectivity index (χ3n) is 4.05. The molecule has 1 saturated heterocycles. The Kier molecular flexibility index (Phi) is 4.55. The lowest BCUT2D eigenvalue weighted by atomic mass is 10.00. The van der Waals surface area contributed by atoms with Crippen molar-refractivity contribution in [2.45, 2.75) is 26.7 Å². The van der Waals surface area contributed by atoms with E-state index in [1.54, 1.807) is 6.07 Å². The largest absolute Gasteiger partial charge is 0.337 e. The highest BCUT2D eigenvalue weighted by atomic mass is 16.2. The summed E-state index contributed by atoms with van der Waals surface area (Å²) in [5, 5.41) is 3.16. The van der Waals surface area contributed by atoms with Crippen molar-refractivity contribution in [3.05, 3.63) is 47.8 Å². The number of rotatable bonds is 3. The normalized spacial score (nSPS) is 17.8. The van der Waals surface area contributed by atoms with Crippen molar-refractivity contribution in [1.82, 2.24) is 14.9 Å². The van der Waals surface area contributed by atoms with Crippen molar-refractivity contribution >= 4 is 17.5 Å². The van der Waals surface area contributed by atoms with Gasteiger partial charge >= 0.3 is 0 Å². The average Bonchev–Trinajstić information content (AvgIpc) is 2.54. The van der Waals surface area contributed by atoms with Gasteiger partial charge in [0.05, 0.1) is 0 Å². The number of nitrogens with one attached hydrogen (secondary N) is 1. The smallest absolute Gasteiger partial charge is 0.272 e. The second-order valence-corrected chi connectivity index (χ2v) is 6.21. The Hall–Kier alpha value is -2.43. The number of benzene rings is 1. The maximum absolute atomic E-state index is 12.7. The van der Waals surface area contributed by atoms with Crippen LogP contribution >= 0.6 is 0 Å². The molecule has 1 unspecified atom stereocenters. The Morgan fingerprint density at radius 3 is 2.78 bits per heavy atom. The summed E-state index contributed by atoms with van der Waals surface area (Å²) < 4.78 is 0. The van der Waals surface area contributed by atoms with Crippen LogP contribution in [0.3, 0.4) is 0 Å². The second-order valence-electron chi connectivity index (χ2n) is 6.21.